The van der Waals surface area contributed by atoms with E-state index >= 15 is 0 Å². The second-order valence-corrected chi connectivity index (χ2v) is 5.00. The van der Waals surface area contributed by atoms with E-state index in [2.05, 4.69) is 16.9 Å². The molecule has 0 bridgehead atoms. The number of hydrazine groups is 1. The Labute approximate surface area is 121 Å². The van der Waals surface area contributed by atoms with Crippen molar-refractivity contribution in [2.24, 2.45) is 0 Å². The van der Waals surface area contributed by atoms with Crippen molar-refractivity contribution >= 4 is 29.1 Å². The second kappa shape index (κ2) is 6.68. The van der Waals surface area contributed by atoms with E-state index in [-0.39, 0.29) is 12.5 Å². The summed E-state index contributed by atoms with van der Waals surface area (Å²) in [5.74, 6) is 0.167. The van der Waals surface area contributed by atoms with Gasteiger partial charge in [-0.15, -0.1) is 0 Å². The summed E-state index contributed by atoms with van der Waals surface area (Å²) in [6, 6.07) is 4.85. The molecule has 0 atom stereocenters. The highest BCUT2D eigenvalue weighted by Crippen LogP contribution is 2.27. The Morgan fingerprint density at radius 3 is 2.89 bits per heavy atom. The van der Waals surface area contributed by atoms with Crippen LogP contribution in [0.1, 0.15) is 19.3 Å². The first-order valence-corrected chi connectivity index (χ1v) is 6.72. The molecule has 0 heterocycles. The molecule has 0 unspecified atom stereocenters. The fourth-order valence-corrected chi connectivity index (χ4v) is 2.17. The molecule has 0 saturated carbocycles. The van der Waals surface area contributed by atoms with Crippen molar-refractivity contribution in [2.75, 3.05) is 6.61 Å². The molecule has 1 aliphatic carbocycles. The molecule has 6 heteroatoms. The lowest BCUT2D eigenvalue weighted by Crippen LogP contribution is -2.39. The normalized spacial score (nSPS) is 13.9. The SMILES string of the molecule is O=C(COc1ccc(Cl)cc1Cl)NNC1=CCCC1. The highest BCUT2D eigenvalue weighted by atomic mass is 35.5. The third-order valence-corrected chi connectivity index (χ3v) is 3.19. The van der Waals surface area contributed by atoms with Crippen LogP contribution in [0.5, 0.6) is 5.75 Å². The predicted molar refractivity (Wildman–Crippen MR) is 75.2 cm³/mol. The zero-order valence-electron chi connectivity index (χ0n) is 10.2. The maximum absolute atomic E-state index is 11.6. The van der Waals surface area contributed by atoms with Gasteiger partial charge in [0.05, 0.1) is 5.02 Å². The minimum atomic E-state index is -0.265. The minimum Gasteiger partial charge on any atom is -0.482 e. The summed E-state index contributed by atoms with van der Waals surface area (Å²) in [5.41, 5.74) is 6.48. The fourth-order valence-electron chi connectivity index (χ4n) is 1.71. The van der Waals surface area contributed by atoms with Gasteiger partial charge >= 0.3 is 0 Å². The standard InChI is InChI=1S/C13H14Cl2N2O2/c14-9-5-6-12(11(15)7-9)19-8-13(18)17-16-10-3-1-2-4-10/h3,5-7,16H,1-2,4,8H2,(H,17,18). The molecular weight excluding hydrogens is 287 g/mol. The molecule has 0 aromatic heterocycles. The van der Waals surface area contributed by atoms with Crippen molar-refractivity contribution < 1.29 is 9.53 Å². The maximum Gasteiger partial charge on any atom is 0.276 e. The summed E-state index contributed by atoms with van der Waals surface area (Å²) in [6.45, 7) is -0.109. The van der Waals surface area contributed by atoms with E-state index in [1.54, 1.807) is 18.2 Å². The van der Waals surface area contributed by atoms with Crippen molar-refractivity contribution in [3.05, 3.63) is 40.0 Å². The summed E-state index contributed by atoms with van der Waals surface area (Å²) in [6.07, 6.45) is 5.20. The predicted octanol–water partition coefficient (Wildman–Crippen LogP) is 3.06. The van der Waals surface area contributed by atoms with Gasteiger partial charge in [-0.05, 0) is 37.5 Å². The Balaban J connectivity index is 1.76. The largest absolute Gasteiger partial charge is 0.482 e. The Morgan fingerprint density at radius 2 is 2.21 bits per heavy atom. The first kappa shape index (κ1) is 14.0. The summed E-state index contributed by atoms with van der Waals surface area (Å²) in [5, 5.41) is 0.906. The molecular formula is C13H14Cl2N2O2. The summed E-state index contributed by atoms with van der Waals surface area (Å²) < 4.78 is 5.31. The zero-order chi connectivity index (χ0) is 13.7. The molecule has 1 amide bonds. The van der Waals surface area contributed by atoms with E-state index in [0.29, 0.717) is 15.8 Å². The van der Waals surface area contributed by atoms with Crippen LogP contribution in [0.25, 0.3) is 0 Å². The molecule has 4 nitrogen and oxygen atoms in total. The van der Waals surface area contributed by atoms with Crippen molar-refractivity contribution in [1.29, 1.82) is 0 Å². The lowest BCUT2D eigenvalue weighted by Gasteiger charge is -2.11. The van der Waals surface area contributed by atoms with E-state index in [1.165, 1.54) is 0 Å². The van der Waals surface area contributed by atoms with E-state index in [1.807, 2.05) is 0 Å². The third kappa shape index (κ3) is 4.33. The number of nitrogens with one attached hydrogen (secondary N) is 2. The number of carbonyl (C=O) groups is 1. The Morgan fingerprint density at radius 1 is 1.37 bits per heavy atom. The second-order valence-electron chi connectivity index (χ2n) is 4.16. The monoisotopic (exact) mass is 300 g/mol. The van der Waals surface area contributed by atoms with Crippen LogP contribution in [0.4, 0.5) is 0 Å². The third-order valence-electron chi connectivity index (χ3n) is 2.66. The Kier molecular flexibility index (Phi) is 4.93. The average molecular weight is 301 g/mol. The molecule has 102 valence electrons. The average Bonchev–Trinajstić information content (AvgIpc) is 2.88. The molecule has 19 heavy (non-hydrogen) atoms. The number of carbonyl (C=O) groups excluding carboxylic acids is 1. The lowest BCUT2D eigenvalue weighted by molar-refractivity contribution is -0.123. The number of halogens is 2. The van der Waals surface area contributed by atoms with Gasteiger partial charge in [-0.3, -0.25) is 10.2 Å². The molecule has 0 fully saturated rings. The summed E-state index contributed by atoms with van der Waals surface area (Å²) in [7, 11) is 0. The quantitative estimate of drug-likeness (QED) is 0.822. The van der Waals surface area contributed by atoms with Crippen molar-refractivity contribution in [1.82, 2.24) is 10.9 Å². The maximum atomic E-state index is 11.6. The molecule has 0 saturated heterocycles. The highest BCUT2D eigenvalue weighted by Gasteiger charge is 2.08. The molecule has 1 aromatic rings. The number of hydrogen-bond donors (Lipinski definition) is 2. The van der Waals surface area contributed by atoms with Gasteiger partial charge in [-0.2, -0.15) is 0 Å². The van der Waals surface area contributed by atoms with Crippen LogP contribution in [0.15, 0.2) is 30.0 Å². The van der Waals surface area contributed by atoms with E-state index in [9.17, 15) is 4.79 Å². The Hall–Kier alpha value is -1.39. The van der Waals surface area contributed by atoms with Gasteiger partial charge in [0, 0.05) is 10.7 Å². The van der Waals surface area contributed by atoms with Gasteiger partial charge in [0.15, 0.2) is 6.61 Å². The van der Waals surface area contributed by atoms with Gasteiger partial charge in [0.25, 0.3) is 5.91 Å². The molecule has 1 aromatic carbocycles. The molecule has 0 spiro atoms. The first-order valence-electron chi connectivity index (χ1n) is 5.97. The molecule has 0 radical (unpaired) electrons. The first-order chi connectivity index (χ1) is 9.15. The van der Waals surface area contributed by atoms with Crippen LogP contribution in [0.3, 0.4) is 0 Å². The van der Waals surface area contributed by atoms with Crippen LogP contribution in [-0.4, -0.2) is 12.5 Å². The summed E-state index contributed by atoms with van der Waals surface area (Å²) in [4.78, 5) is 11.6. The number of rotatable bonds is 5. The number of hydrogen-bond acceptors (Lipinski definition) is 3. The van der Waals surface area contributed by atoms with Crippen LogP contribution in [-0.2, 0) is 4.79 Å². The van der Waals surface area contributed by atoms with Gasteiger partial charge in [-0.1, -0.05) is 29.3 Å². The zero-order valence-corrected chi connectivity index (χ0v) is 11.7. The number of amides is 1. The number of allylic oxidation sites excluding steroid dienone is 2. The Bertz CT molecular complexity index is 503. The van der Waals surface area contributed by atoms with Crippen molar-refractivity contribution in [3.8, 4) is 5.75 Å². The number of benzene rings is 1. The van der Waals surface area contributed by atoms with Crippen molar-refractivity contribution in [3.63, 3.8) is 0 Å². The van der Waals surface area contributed by atoms with E-state index in [0.717, 1.165) is 25.0 Å². The van der Waals surface area contributed by atoms with Gasteiger partial charge in [0.2, 0.25) is 0 Å². The van der Waals surface area contributed by atoms with Crippen molar-refractivity contribution in [2.45, 2.75) is 19.3 Å². The highest BCUT2D eigenvalue weighted by molar-refractivity contribution is 6.35. The summed E-state index contributed by atoms with van der Waals surface area (Å²) >= 11 is 11.7. The van der Waals surface area contributed by atoms with Crippen LogP contribution in [0, 0.1) is 0 Å². The van der Waals surface area contributed by atoms with Gasteiger partial charge in [0.1, 0.15) is 5.75 Å². The minimum absolute atomic E-state index is 0.109. The van der Waals surface area contributed by atoms with E-state index < -0.39 is 0 Å². The lowest BCUT2D eigenvalue weighted by atomic mass is 10.3. The molecule has 2 N–H and O–H groups in total. The fraction of sp³-hybridized carbons (Fsp3) is 0.308. The molecule has 2 rings (SSSR count). The van der Waals surface area contributed by atoms with Crippen LogP contribution < -0.4 is 15.6 Å². The van der Waals surface area contributed by atoms with Gasteiger partial charge < -0.3 is 10.2 Å². The van der Waals surface area contributed by atoms with E-state index in [4.69, 9.17) is 27.9 Å². The number of ether oxygens (including phenoxy) is 1. The van der Waals surface area contributed by atoms with Crippen LogP contribution >= 0.6 is 23.2 Å². The molecule has 1 aliphatic rings. The van der Waals surface area contributed by atoms with Crippen LogP contribution in [0.2, 0.25) is 10.0 Å². The van der Waals surface area contributed by atoms with Gasteiger partial charge in [-0.25, -0.2) is 0 Å². The molecule has 0 aliphatic heterocycles. The topological polar surface area (TPSA) is 50.4 Å². The smallest absolute Gasteiger partial charge is 0.276 e.